The van der Waals surface area contributed by atoms with Crippen LogP contribution >= 0.6 is 0 Å². The van der Waals surface area contributed by atoms with E-state index < -0.39 is 23.6 Å². The average molecular weight is 466 g/mol. The smallest absolute Gasteiger partial charge is 0.349 e. The Balaban J connectivity index is 1.49. The number of hydrogen-bond donors (Lipinski definition) is 0. The van der Waals surface area contributed by atoms with E-state index in [0.717, 1.165) is 36.6 Å². The minimum absolute atomic E-state index is 0.0782. The van der Waals surface area contributed by atoms with E-state index >= 15 is 0 Å². The molecule has 2 fully saturated rings. The van der Waals surface area contributed by atoms with Crippen molar-refractivity contribution in [3.8, 4) is 11.3 Å². The molecule has 3 aromatic rings. The number of pyridine rings is 1. The number of benzene rings is 1. The molecule has 0 amide bonds. The highest BCUT2D eigenvalue weighted by Gasteiger charge is 2.48. The third kappa shape index (κ3) is 4.18. The lowest BCUT2D eigenvalue weighted by molar-refractivity contribution is -0.145. The second-order valence-electron chi connectivity index (χ2n) is 8.62. The van der Waals surface area contributed by atoms with Crippen LogP contribution in [0.1, 0.15) is 30.5 Å². The predicted octanol–water partition coefficient (Wildman–Crippen LogP) is 6.04. The van der Waals surface area contributed by atoms with Crippen LogP contribution in [0.2, 0.25) is 0 Å². The topological polar surface area (TPSA) is 34.0 Å². The second kappa shape index (κ2) is 7.78. The first kappa shape index (κ1) is 21.8. The Bertz CT molecular complexity index is 1110. The molecule has 1 saturated heterocycles. The Morgan fingerprint density at radius 1 is 0.939 bits per heavy atom. The fraction of sp³-hybridized carbons (Fsp3) is 0.391. The van der Waals surface area contributed by atoms with E-state index in [4.69, 9.17) is 0 Å². The summed E-state index contributed by atoms with van der Waals surface area (Å²) in [5.74, 6) is -0.0963. The van der Waals surface area contributed by atoms with E-state index in [2.05, 4.69) is 9.97 Å². The molecule has 0 spiro atoms. The van der Waals surface area contributed by atoms with Crippen molar-refractivity contribution in [2.24, 2.45) is 5.92 Å². The molecule has 0 unspecified atom stereocenters. The van der Waals surface area contributed by atoms with Crippen molar-refractivity contribution in [3.05, 3.63) is 66.2 Å². The molecule has 1 aliphatic heterocycles. The van der Waals surface area contributed by atoms with E-state index in [0.29, 0.717) is 6.54 Å². The third-order valence-corrected chi connectivity index (χ3v) is 6.54. The minimum atomic E-state index is -4.97. The summed E-state index contributed by atoms with van der Waals surface area (Å²) < 4.78 is 82.1. The number of hydrogen-bond acceptors (Lipinski definition) is 3. The van der Waals surface area contributed by atoms with Gasteiger partial charge in [-0.05, 0) is 37.3 Å². The maximum atomic E-state index is 13.4. The fourth-order valence-electron chi connectivity index (χ4n) is 5.08. The van der Waals surface area contributed by atoms with Crippen LogP contribution < -0.4 is 4.90 Å². The maximum Gasteiger partial charge on any atom is 0.433 e. The molecule has 1 aromatic carbocycles. The van der Waals surface area contributed by atoms with Gasteiger partial charge in [-0.15, -0.1) is 0 Å². The molecular formula is C23H20F6N4. The molecule has 2 aliphatic rings. The van der Waals surface area contributed by atoms with Crippen LogP contribution in [0.4, 0.5) is 32.2 Å². The Kier molecular flexibility index (Phi) is 5.13. The van der Waals surface area contributed by atoms with Crippen LogP contribution in [0, 0.1) is 5.92 Å². The number of piperidine rings is 1. The summed E-state index contributed by atoms with van der Waals surface area (Å²) in [6.07, 6.45) is -4.05. The number of halogens is 6. The van der Waals surface area contributed by atoms with Crippen molar-refractivity contribution in [1.82, 2.24) is 14.5 Å². The van der Waals surface area contributed by atoms with E-state index in [9.17, 15) is 26.3 Å². The summed E-state index contributed by atoms with van der Waals surface area (Å²) in [7, 11) is 0. The van der Waals surface area contributed by atoms with Crippen LogP contribution in [0.15, 0.2) is 55.0 Å². The Morgan fingerprint density at radius 3 is 2.39 bits per heavy atom. The van der Waals surface area contributed by atoms with Crippen molar-refractivity contribution >= 4 is 5.82 Å². The summed E-state index contributed by atoms with van der Waals surface area (Å²) in [6.45, 7) is 0.403. The zero-order chi connectivity index (χ0) is 23.4. The molecule has 4 nitrogen and oxygen atoms in total. The number of nitrogens with zero attached hydrogens (tertiary/aromatic N) is 4. The molecule has 0 radical (unpaired) electrons. The van der Waals surface area contributed by atoms with Gasteiger partial charge < -0.3 is 9.47 Å². The molecule has 0 N–H and O–H groups in total. The highest BCUT2D eigenvalue weighted by atomic mass is 19.4. The van der Waals surface area contributed by atoms with E-state index in [1.807, 2.05) is 41.1 Å². The second-order valence-corrected chi connectivity index (χ2v) is 8.62. The molecule has 3 atom stereocenters. The fourth-order valence-corrected chi connectivity index (χ4v) is 5.08. The van der Waals surface area contributed by atoms with Crippen LogP contribution in [-0.4, -0.2) is 26.6 Å². The third-order valence-electron chi connectivity index (χ3n) is 6.54. The van der Waals surface area contributed by atoms with Crippen molar-refractivity contribution in [1.29, 1.82) is 0 Å². The first-order valence-corrected chi connectivity index (χ1v) is 10.6. The van der Waals surface area contributed by atoms with Crippen molar-refractivity contribution < 1.29 is 26.3 Å². The average Bonchev–Trinajstić information content (AvgIpc) is 3.49. The summed E-state index contributed by atoms with van der Waals surface area (Å²) in [4.78, 5) is 9.72. The Morgan fingerprint density at radius 2 is 1.70 bits per heavy atom. The molecule has 1 saturated carbocycles. The lowest BCUT2D eigenvalue weighted by atomic mass is 9.98. The predicted molar refractivity (Wildman–Crippen MR) is 109 cm³/mol. The number of rotatable bonds is 4. The summed E-state index contributed by atoms with van der Waals surface area (Å²) in [5, 5.41) is 0. The lowest BCUT2D eigenvalue weighted by Gasteiger charge is -2.37. The van der Waals surface area contributed by atoms with Gasteiger partial charge in [0.1, 0.15) is 11.5 Å². The highest BCUT2D eigenvalue weighted by molar-refractivity contribution is 5.57. The quantitative estimate of drug-likeness (QED) is 0.440. The number of alkyl halides is 6. The maximum absolute atomic E-state index is 13.4. The van der Waals surface area contributed by atoms with Gasteiger partial charge in [0.05, 0.1) is 23.6 Å². The largest absolute Gasteiger partial charge is 0.433 e. The summed E-state index contributed by atoms with van der Waals surface area (Å²) >= 11 is 0. The highest BCUT2D eigenvalue weighted by Crippen LogP contribution is 2.46. The molecule has 2 aromatic heterocycles. The number of aromatic nitrogens is 3. The normalized spacial score (nSPS) is 22.8. The standard InChI is InChI=1S/C23H20F6N4/c24-22(25,26)16-9-20(23(27,28)29)31-21(10-16)33-17-7-6-15(8-17)19(33)12-32-11-18(30-13-32)14-4-2-1-3-5-14/h1-5,9-11,13,15,17,19H,6-8,12H2/t15-,17+,19+/m0/s1. The molecule has 2 bridgehead atoms. The summed E-state index contributed by atoms with van der Waals surface area (Å²) in [6, 6.07) is 9.94. The van der Waals surface area contributed by atoms with Gasteiger partial charge in [0, 0.05) is 24.3 Å². The van der Waals surface area contributed by atoms with Crippen molar-refractivity contribution in [2.45, 2.75) is 50.2 Å². The molecule has 174 valence electrons. The molecule has 10 heteroatoms. The Hall–Kier alpha value is -3.04. The SMILES string of the molecule is FC(F)(F)c1cc(N2[C@@H]3CC[C@@H](C3)[C@H]2Cn2cnc(-c3ccccc3)c2)nc(C(F)(F)F)c1. The zero-order valence-corrected chi connectivity index (χ0v) is 17.3. The van der Waals surface area contributed by atoms with E-state index in [1.165, 1.54) is 0 Å². The van der Waals surface area contributed by atoms with Crippen molar-refractivity contribution in [3.63, 3.8) is 0 Å². The van der Waals surface area contributed by atoms with E-state index in [-0.39, 0.29) is 29.9 Å². The minimum Gasteiger partial charge on any atom is -0.349 e. The van der Waals surface area contributed by atoms with Gasteiger partial charge in [0.15, 0.2) is 0 Å². The molecular weight excluding hydrogens is 446 g/mol. The zero-order valence-electron chi connectivity index (χ0n) is 17.3. The Labute approximate surface area is 185 Å². The van der Waals surface area contributed by atoms with Gasteiger partial charge >= 0.3 is 12.4 Å². The number of imidazole rings is 1. The van der Waals surface area contributed by atoms with Gasteiger partial charge in [-0.1, -0.05) is 30.3 Å². The molecule has 5 rings (SSSR count). The van der Waals surface area contributed by atoms with Crippen LogP contribution in [0.5, 0.6) is 0 Å². The lowest BCUT2D eigenvalue weighted by Crippen LogP contribution is -2.44. The van der Waals surface area contributed by atoms with Crippen LogP contribution in [0.3, 0.4) is 0 Å². The molecule has 1 aliphatic carbocycles. The number of fused-ring (bicyclic) bond motifs is 2. The molecule has 3 heterocycles. The first-order valence-electron chi connectivity index (χ1n) is 10.6. The first-order chi connectivity index (χ1) is 15.6. The van der Waals surface area contributed by atoms with Crippen molar-refractivity contribution in [2.75, 3.05) is 4.90 Å². The van der Waals surface area contributed by atoms with Crippen LogP contribution in [0.25, 0.3) is 11.3 Å². The van der Waals surface area contributed by atoms with Gasteiger partial charge in [-0.2, -0.15) is 26.3 Å². The van der Waals surface area contributed by atoms with E-state index in [1.54, 1.807) is 11.2 Å². The molecule has 33 heavy (non-hydrogen) atoms. The van der Waals surface area contributed by atoms with Gasteiger partial charge in [0.2, 0.25) is 0 Å². The summed E-state index contributed by atoms with van der Waals surface area (Å²) in [5.41, 5.74) is -1.18. The van der Waals surface area contributed by atoms with Gasteiger partial charge in [-0.25, -0.2) is 9.97 Å². The monoisotopic (exact) mass is 466 g/mol. The van der Waals surface area contributed by atoms with Crippen LogP contribution in [-0.2, 0) is 18.9 Å². The van der Waals surface area contributed by atoms with Gasteiger partial charge in [-0.3, -0.25) is 0 Å². The van der Waals surface area contributed by atoms with Gasteiger partial charge in [0.25, 0.3) is 0 Å². The number of anilines is 1.